The topological polar surface area (TPSA) is 70.2 Å². The molecule has 0 saturated heterocycles. The van der Waals surface area contributed by atoms with Gasteiger partial charge in [0.15, 0.2) is 0 Å². The van der Waals surface area contributed by atoms with E-state index in [4.69, 9.17) is 0 Å². The predicted molar refractivity (Wildman–Crippen MR) is 107 cm³/mol. The normalized spacial score (nSPS) is 11.7. The molecular formula is C20H24FN3O2S. The zero-order valence-corrected chi connectivity index (χ0v) is 16.5. The van der Waals surface area contributed by atoms with Crippen molar-refractivity contribution in [3.63, 3.8) is 0 Å². The smallest absolute Gasteiger partial charge is 0.255 e. The van der Waals surface area contributed by atoms with Gasteiger partial charge in [0, 0.05) is 35.7 Å². The fourth-order valence-corrected chi connectivity index (χ4v) is 3.11. The summed E-state index contributed by atoms with van der Waals surface area (Å²) < 4.78 is 16.6. The van der Waals surface area contributed by atoms with Crippen molar-refractivity contribution in [1.82, 2.24) is 10.0 Å². The van der Waals surface area contributed by atoms with Gasteiger partial charge in [-0.3, -0.25) is 14.3 Å². The average Bonchev–Trinajstić information content (AvgIpc) is 2.67. The molecule has 144 valence electrons. The summed E-state index contributed by atoms with van der Waals surface area (Å²) in [5, 5.41) is 5.38. The monoisotopic (exact) mass is 389 g/mol. The highest BCUT2D eigenvalue weighted by Gasteiger charge is 2.10. The lowest BCUT2D eigenvalue weighted by Crippen LogP contribution is -2.24. The van der Waals surface area contributed by atoms with Crippen LogP contribution in [-0.4, -0.2) is 24.9 Å². The van der Waals surface area contributed by atoms with Crippen molar-refractivity contribution in [3.05, 3.63) is 59.4 Å². The van der Waals surface area contributed by atoms with Crippen LogP contribution < -0.4 is 15.4 Å². The third kappa shape index (κ3) is 6.69. The predicted octanol–water partition coefficient (Wildman–Crippen LogP) is 3.90. The molecule has 5 nitrogen and oxygen atoms in total. The Bertz CT molecular complexity index is 814. The van der Waals surface area contributed by atoms with Gasteiger partial charge in [0.05, 0.1) is 0 Å². The van der Waals surface area contributed by atoms with Crippen LogP contribution >= 0.6 is 11.9 Å². The second-order valence-electron chi connectivity index (χ2n) is 6.28. The first-order chi connectivity index (χ1) is 12.9. The third-order valence-corrected chi connectivity index (χ3v) is 4.98. The molecule has 2 aromatic rings. The zero-order chi connectivity index (χ0) is 19.8. The van der Waals surface area contributed by atoms with E-state index in [0.717, 1.165) is 11.3 Å². The lowest BCUT2D eigenvalue weighted by atomic mass is 10.2. The van der Waals surface area contributed by atoms with E-state index in [0.29, 0.717) is 23.2 Å². The van der Waals surface area contributed by atoms with Crippen molar-refractivity contribution in [3.8, 4) is 0 Å². The van der Waals surface area contributed by atoms with Crippen LogP contribution in [0.3, 0.4) is 0 Å². The number of carbonyl (C=O) groups is 2. The molecule has 7 heteroatoms. The molecule has 0 aliphatic heterocycles. The number of anilines is 1. The van der Waals surface area contributed by atoms with E-state index >= 15 is 0 Å². The molecule has 27 heavy (non-hydrogen) atoms. The lowest BCUT2D eigenvalue weighted by Gasteiger charge is -2.13. The summed E-state index contributed by atoms with van der Waals surface area (Å²) in [5.41, 5.74) is 1.55. The summed E-state index contributed by atoms with van der Waals surface area (Å²) in [6, 6.07) is 11.8. The standard InChI is InChI=1S/C20H24FN3O2S/c1-13-11-16(8-9-18(13)21)23-20(26)15-5-4-6-17(12-15)27-24-14(2)7-10-19(25)22-3/h4-6,8-9,11-12,14,24H,7,10H2,1-3H3,(H,22,25)(H,23,26). The molecule has 0 fully saturated rings. The second-order valence-corrected chi connectivity index (χ2v) is 7.19. The van der Waals surface area contributed by atoms with E-state index in [-0.39, 0.29) is 23.7 Å². The number of aryl methyl sites for hydroxylation is 1. The first kappa shape index (κ1) is 20.9. The van der Waals surface area contributed by atoms with E-state index < -0.39 is 0 Å². The summed E-state index contributed by atoms with van der Waals surface area (Å²) in [7, 11) is 1.62. The number of halogens is 1. The Labute approximate surface area is 163 Å². The van der Waals surface area contributed by atoms with Crippen molar-refractivity contribution in [2.24, 2.45) is 0 Å². The van der Waals surface area contributed by atoms with Gasteiger partial charge in [-0.05, 0) is 74.2 Å². The Hall–Kier alpha value is -2.38. The van der Waals surface area contributed by atoms with Gasteiger partial charge in [-0.25, -0.2) is 4.39 Å². The van der Waals surface area contributed by atoms with E-state index in [9.17, 15) is 14.0 Å². The molecule has 2 rings (SSSR count). The largest absolute Gasteiger partial charge is 0.359 e. The first-order valence-electron chi connectivity index (χ1n) is 8.69. The Kier molecular flexibility index (Phi) is 7.82. The minimum atomic E-state index is -0.303. The van der Waals surface area contributed by atoms with Gasteiger partial charge in [0.2, 0.25) is 5.91 Å². The van der Waals surface area contributed by atoms with Crippen LogP contribution in [-0.2, 0) is 4.79 Å². The zero-order valence-electron chi connectivity index (χ0n) is 15.6. The Balaban J connectivity index is 1.92. The van der Waals surface area contributed by atoms with E-state index in [1.807, 2.05) is 19.1 Å². The average molecular weight is 389 g/mol. The van der Waals surface area contributed by atoms with Gasteiger partial charge >= 0.3 is 0 Å². The molecule has 0 aliphatic carbocycles. The van der Waals surface area contributed by atoms with Crippen LogP contribution in [0.15, 0.2) is 47.4 Å². The molecule has 0 heterocycles. The van der Waals surface area contributed by atoms with Gasteiger partial charge in [-0.1, -0.05) is 6.07 Å². The highest BCUT2D eigenvalue weighted by atomic mass is 32.2. The molecule has 0 radical (unpaired) electrons. The number of benzene rings is 2. The summed E-state index contributed by atoms with van der Waals surface area (Å²) >= 11 is 1.42. The third-order valence-electron chi connectivity index (χ3n) is 3.97. The van der Waals surface area contributed by atoms with Crippen molar-refractivity contribution in [2.45, 2.75) is 37.6 Å². The quantitative estimate of drug-likeness (QED) is 0.599. The summed E-state index contributed by atoms with van der Waals surface area (Å²) in [4.78, 5) is 24.6. The molecule has 3 N–H and O–H groups in total. The molecule has 1 unspecified atom stereocenters. The molecule has 0 aromatic heterocycles. The second kappa shape index (κ2) is 10.1. The maximum absolute atomic E-state index is 13.3. The number of amides is 2. The fraction of sp³-hybridized carbons (Fsp3) is 0.300. The number of carbonyl (C=O) groups excluding carboxylic acids is 2. The fourth-order valence-electron chi connectivity index (χ4n) is 2.33. The number of nitrogens with one attached hydrogen (secondary N) is 3. The van der Waals surface area contributed by atoms with E-state index in [1.165, 1.54) is 24.1 Å². The Morgan fingerprint density at radius 2 is 1.96 bits per heavy atom. The number of hydrogen-bond donors (Lipinski definition) is 3. The summed E-state index contributed by atoms with van der Waals surface area (Å²) in [6.45, 7) is 3.66. The SMILES string of the molecule is CNC(=O)CCC(C)NSc1cccc(C(=O)Nc2ccc(F)c(C)c2)c1. The molecule has 2 amide bonds. The molecular weight excluding hydrogens is 365 g/mol. The molecule has 0 spiro atoms. The van der Waals surface area contributed by atoms with Crippen LogP contribution in [0.4, 0.5) is 10.1 Å². The molecule has 1 atom stereocenters. The van der Waals surface area contributed by atoms with Gasteiger partial charge in [0.25, 0.3) is 5.91 Å². The maximum Gasteiger partial charge on any atom is 0.255 e. The first-order valence-corrected chi connectivity index (χ1v) is 9.51. The van der Waals surface area contributed by atoms with Gasteiger partial charge in [-0.15, -0.1) is 0 Å². The van der Waals surface area contributed by atoms with Crippen molar-refractivity contribution in [2.75, 3.05) is 12.4 Å². The number of hydrogen-bond acceptors (Lipinski definition) is 4. The van der Waals surface area contributed by atoms with Gasteiger partial charge in [0.1, 0.15) is 5.82 Å². The van der Waals surface area contributed by atoms with Crippen molar-refractivity contribution >= 4 is 29.4 Å². The van der Waals surface area contributed by atoms with Crippen molar-refractivity contribution in [1.29, 1.82) is 0 Å². The lowest BCUT2D eigenvalue weighted by molar-refractivity contribution is -0.120. The van der Waals surface area contributed by atoms with Crippen LogP contribution in [0.25, 0.3) is 0 Å². The Morgan fingerprint density at radius 1 is 1.19 bits per heavy atom. The molecule has 0 bridgehead atoms. The maximum atomic E-state index is 13.3. The molecule has 2 aromatic carbocycles. The Morgan fingerprint density at radius 3 is 2.67 bits per heavy atom. The van der Waals surface area contributed by atoms with Crippen LogP contribution in [0, 0.1) is 12.7 Å². The van der Waals surface area contributed by atoms with Crippen molar-refractivity contribution < 1.29 is 14.0 Å². The highest BCUT2D eigenvalue weighted by Crippen LogP contribution is 2.19. The van der Waals surface area contributed by atoms with Crippen LogP contribution in [0.5, 0.6) is 0 Å². The summed E-state index contributed by atoms with van der Waals surface area (Å²) in [6.07, 6.45) is 1.18. The highest BCUT2D eigenvalue weighted by molar-refractivity contribution is 7.97. The summed E-state index contributed by atoms with van der Waals surface area (Å²) in [5.74, 6) is -0.539. The van der Waals surface area contributed by atoms with E-state index in [1.54, 1.807) is 32.2 Å². The molecule has 0 saturated carbocycles. The van der Waals surface area contributed by atoms with Crippen LogP contribution in [0.1, 0.15) is 35.7 Å². The molecule has 0 aliphatic rings. The minimum Gasteiger partial charge on any atom is -0.359 e. The van der Waals surface area contributed by atoms with Gasteiger partial charge in [-0.2, -0.15) is 0 Å². The van der Waals surface area contributed by atoms with Crippen LogP contribution in [0.2, 0.25) is 0 Å². The number of rotatable bonds is 8. The minimum absolute atomic E-state index is 0.0170. The van der Waals surface area contributed by atoms with Gasteiger partial charge < -0.3 is 10.6 Å². The van der Waals surface area contributed by atoms with E-state index in [2.05, 4.69) is 15.4 Å².